The molecule has 0 spiro atoms. The van der Waals surface area contributed by atoms with Crippen LogP contribution in [0.15, 0.2) is 41.5 Å². The molecule has 124 valence electrons. The van der Waals surface area contributed by atoms with Crippen molar-refractivity contribution in [2.24, 2.45) is 5.10 Å². The molecule has 0 fully saturated rings. The maximum absolute atomic E-state index is 12.2. The zero-order valence-corrected chi connectivity index (χ0v) is 13.2. The van der Waals surface area contributed by atoms with E-state index >= 15 is 0 Å². The lowest BCUT2D eigenvalue weighted by atomic mass is 10.1. The van der Waals surface area contributed by atoms with Crippen molar-refractivity contribution in [3.05, 3.63) is 47.5 Å². The summed E-state index contributed by atoms with van der Waals surface area (Å²) in [6, 6.07) is 9.75. The Morgan fingerprint density at radius 3 is 2.71 bits per heavy atom. The normalized spacial score (nSPS) is 12.8. The van der Waals surface area contributed by atoms with Gasteiger partial charge >= 0.3 is 0 Å². The van der Waals surface area contributed by atoms with Crippen molar-refractivity contribution in [1.82, 2.24) is 5.43 Å². The molecule has 7 heteroatoms. The van der Waals surface area contributed by atoms with E-state index in [0.717, 1.165) is 5.56 Å². The first-order valence-corrected chi connectivity index (χ1v) is 7.20. The fourth-order valence-electron chi connectivity index (χ4n) is 2.20. The van der Waals surface area contributed by atoms with Crippen LogP contribution in [0.25, 0.3) is 0 Å². The lowest BCUT2D eigenvalue weighted by Crippen LogP contribution is -2.19. The van der Waals surface area contributed by atoms with Gasteiger partial charge in [0.25, 0.3) is 5.91 Å². The predicted molar refractivity (Wildman–Crippen MR) is 86.9 cm³/mol. The molecule has 0 radical (unpaired) electrons. The highest BCUT2D eigenvalue weighted by atomic mass is 16.7. The highest BCUT2D eigenvalue weighted by molar-refractivity contribution is 6.01. The number of fused-ring (bicyclic) bond motifs is 1. The third-order valence-electron chi connectivity index (χ3n) is 3.56. The SMILES string of the molecule is COc1cc(C(C)=NNC(=O)c2ccc3c(c2)OCO3)ccc1O. The second-order valence-electron chi connectivity index (χ2n) is 5.09. The minimum atomic E-state index is -0.363. The summed E-state index contributed by atoms with van der Waals surface area (Å²) in [6.45, 7) is 1.89. The summed E-state index contributed by atoms with van der Waals surface area (Å²) in [6.07, 6.45) is 0. The number of phenols is 1. The molecule has 3 rings (SSSR count). The Kier molecular flexibility index (Phi) is 4.24. The van der Waals surface area contributed by atoms with Crippen molar-refractivity contribution < 1.29 is 24.1 Å². The quantitative estimate of drug-likeness (QED) is 0.664. The third kappa shape index (κ3) is 3.10. The van der Waals surface area contributed by atoms with Crippen LogP contribution < -0.4 is 19.6 Å². The molecular formula is C17H16N2O5. The van der Waals surface area contributed by atoms with Gasteiger partial charge in [-0.2, -0.15) is 5.10 Å². The molecule has 1 amide bonds. The van der Waals surface area contributed by atoms with Crippen LogP contribution in [0.4, 0.5) is 0 Å². The monoisotopic (exact) mass is 328 g/mol. The van der Waals surface area contributed by atoms with Gasteiger partial charge < -0.3 is 19.3 Å². The molecule has 1 aliphatic rings. The van der Waals surface area contributed by atoms with E-state index in [1.54, 1.807) is 37.3 Å². The number of hydrogen-bond acceptors (Lipinski definition) is 6. The van der Waals surface area contributed by atoms with Crippen LogP contribution in [-0.2, 0) is 0 Å². The van der Waals surface area contributed by atoms with Crippen molar-refractivity contribution in [3.8, 4) is 23.0 Å². The summed E-state index contributed by atoms with van der Waals surface area (Å²) in [5.74, 6) is 1.16. The molecule has 0 saturated carbocycles. The maximum atomic E-state index is 12.2. The number of hydrazone groups is 1. The van der Waals surface area contributed by atoms with Gasteiger partial charge in [0.2, 0.25) is 6.79 Å². The van der Waals surface area contributed by atoms with Crippen LogP contribution in [0.3, 0.4) is 0 Å². The fraction of sp³-hybridized carbons (Fsp3) is 0.176. The number of carbonyl (C=O) groups is 1. The molecule has 0 atom stereocenters. The average molecular weight is 328 g/mol. The Balaban J connectivity index is 1.73. The standard InChI is InChI=1S/C17H16N2O5/c1-10(11-3-5-13(20)15(7-11)22-2)18-19-17(21)12-4-6-14-16(8-12)24-9-23-14/h3-8,20H,9H2,1-2H3,(H,19,21). The van der Waals surface area contributed by atoms with Crippen LogP contribution >= 0.6 is 0 Å². The average Bonchev–Trinajstić information content (AvgIpc) is 3.07. The van der Waals surface area contributed by atoms with Gasteiger partial charge in [-0.25, -0.2) is 5.43 Å². The minimum Gasteiger partial charge on any atom is -0.504 e. The number of ether oxygens (including phenoxy) is 3. The van der Waals surface area contributed by atoms with Gasteiger partial charge in [0.1, 0.15) is 0 Å². The van der Waals surface area contributed by atoms with Gasteiger partial charge in [-0.1, -0.05) is 0 Å². The summed E-state index contributed by atoms with van der Waals surface area (Å²) >= 11 is 0. The fourth-order valence-corrected chi connectivity index (χ4v) is 2.20. The van der Waals surface area contributed by atoms with Crippen LogP contribution in [0, 0.1) is 0 Å². The molecule has 7 nitrogen and oxygen atoms in total. The summed E-state index contributed by atoms with van der Waals surface area (Å²) in [4.78, 5) is 12.2. The largest absolute Gasteiger partial charge is 0.504 e. The van der Waals surface area contributed by atoms with Crippen molar-refractivity contribution >= 4 is 11.6 Å². The third-order valence-corrected chi connectivity index (χ3v) is 3.56. The predicted octanol–water partition coefficient (Wildman–Crippen LogP) is 2.28. The molecule has 1 aliphatic heterocycles. The summed E-state index contributed by atoms with van der Waals surface area (Å²) in [7, 11) is 1.47. The van der Waals surface area contributed by atoms with Gasteiger partial charge in [-0.05, 0) is 43.3 Å². The molecule has 2 aromatic rings. The van der Waals surface area contributed by atoms with Gasteiger partial charge in [-0.3, -0.25) is 4.79 Å². The Labute approximate surface area is 138 Å². The van der Waals surface area contributed by atoms with Crippen molar-refractivity contribution in [2.45, 2.75) is 6.92 Å². The van der Waals surface area contributed by atoms with Crippen LogP contribution in [-0.4, -0.2) is 30.6 Å². The van der Waals surface area contributed by atoms with Crippen molar-refractivity contribution in [1.29, 1.82) is 0 Å². The number of nitrogens with zero attached hydrogens (tertiary/aromatic N) is 1. The van der Waals surface area contributed by atoms with E-state index in [-0.39, 0.29) is 18.4 Å². The van der Waals surface area contributed by atoms with E-state index in [1.807, 2.05) is 0 Å². The summed E-state index contributed by atoms with van der Waals surface area (Å²) < 4.78 is 15.5. The molecule has 0 bridgehead atoms. The van der Waals surface area contributed by atoms with E-state index in [9.17, 15) is 9.90 Å². The number of methoxy groups -OCH3 is 1. The second kappa shape index (κ2) is 6.49. The van der Waals surface area contributed by atoms with Gasteiger partial charge in [0.05, 0.1) is 12.8 Å². The smallest absolute Gasteiger partial charge is 0.271 e. The number of benzene rings is 2. The van der Waals surface area contributed by atoms with E-state index in [2.05, 4.69) is 10.5 Å². The number of carbonyl (C=O) groups excluding carboxylic acids is 1. The number of amides is 1. The Hall–Kier alpha value is -3.22. The minimum absolute atomic E-state index is 0.0402. The first kappa shape index (κ1) is 15.7. The van der Waals surface area contributed by atoms with Crippen molar-refractivity contribution in [3.63, 3.8) is 0 Å². The zero-order chi connectivity index (χ0) is 17.1. The topological polar surface area (TPSA) is 89.4 Å². The van der Waals surface area contributed by atoms with E-state index in [0.29, 0.717) is 28.5 Å². The second-order valence-corrected chi connectivity index (χ2v) is 5.09. The highest BCUT2D eigenvalue weighted by Gasteiger charge is 2.16. The Bertz CT molecular complexity index is 817. The Morgan fingerprint density at radius 2 is 1.92 bits per heavy atom. The van der Waals surface area contributed by atoms with Gasteiger partial charge in [-0.15, -0.1) is 0 Å². The number of rotatable bonds is 4. The van der Waals surface area contributed by atoms with E-state index in [1.165, 1.54) is 13.2 Å². The number of nitrogens with one attached hydrogen (secondary N) is 1. The van der Waals surface area contributed by atoms with E-state index in [4.69, 9.17) is 14.2 Å². The molecule has 0 unspecified atom stereocenters. The highest BCUT2D eigenvalue weighted by Crippen LogP contribution is 2.32. The zero-order valence-electron chi connectivity index (χ0n) is 13.2. The first-order chi connectivity index (χ1) is 11.6. The summed E-state index contributed by atoms with van der Waals surface area (Å²) in [5, 5.41) is 13.7. The first-order valence-electron chi connectivity index (χ1n) is 7.20. The molecule has 0 aromatic heterocycles. The van der Waals surface area contributed by atoms with Crippen LogP contribution in [0.2, 0.25) is 0 Å². The molecule has 2 aromatic carbocycles. The van der Waals surface area contributed by atoms with Crippen LogP contribution in [0.5, 0.6) is 23.0 Å². The lowest BCUT2D eigenvalue weighted by molar-refractivity contribution is 0.0954. The number of aromatic hydroxyl groups is 1. The molecule has 0 saturated heterocycles. The number of hydrogen-bond donors (Lipinski definition) is 2. The molecule has 24 heavy (non-hydrogen) atoms. The summed E-state index contributed by atoms with van der Waals surface area (Å²) in [5.41, 5.74) is 4.20. The Morgan fingerprint density at radius 1 is 1.17 bits per heavy atom. The molecule has 1 heterocycles. The van der Waals surface area contributed by atoms with Crippen LogP contribution in [0.1, 0.15) is 22.8 Å². The molecular weight excluding hydrogens is 312 g/mol. The molecule has 0 aliphatic carbocycles. The molecule has 2 N–H and O–H groups in total. The maximum Gasteiger partial charge on any atom is 0.271 e. The van der Waals surface area contributed by atoms with E-state index < -0.39 is 0 Å². The van der Waals surface area contributed by atoms with Crippen molar-refractivity contribution in [2.75, 3.05) is 13.9 Å². The number of phenolic OH excluding ortho intramolecular Hbond substituents is 1. The lowest BCUT2D eigenvalue weighted by Gasteiger charge is -2.07. The van der Waals surface area contributed by atoms with Gasteiger partial charge in [0.15, 0.2) is 23.0 Å². The van der Waals surface area contributed by atoms with Gasteiger partial charge in [0, 0.05) is 11.1 Å².